The van der Waals surface area contributed by atoms with Gasteiger partial charge in [-0.05, 0) is 61.4 Å². The lowest BCUT2D eigenvalue weighted by molar-refractivity contribution is 0.629. The fourth-order valence-corrected chi connectivity index (χ4v) is 4.80. The second-order valence-corrected chi connectivity index (χ2v) is 8.32. The van der Waals surface area contributed by atoms with E-state index in [4.69, 9.17) is 4.98 Å². The number of benzene rings is 1. The summed E-state index contributed by atoms with van der Waals surface area (Å²) in [6.07, 6.45) is 8.17. The van der Waals surface area contributed by atoms with E-state index >= 15 is 0 Å². The second-order valence-electron chi connectivity index (χ2n) is 8.32. The minimum atomic E-state index is 0.383. The predicted molar refractivity (Wildman–Crippen MR) is 119 cm³/mol. The van der Waals surface area contributed by atoms with Gasteiger partial charge in [0.1, 0.15) is 5.82 Å². The molecule has 1 N–H and O–H groups in total. The van der Waals surface area contributed by atoms with Crippen molar-refractivity contribution in [1.29, 1.82) is 0 Å². The van der Waals surface area contributed by atoms with Crippen LogP contribution < -0.4 is 5.32 Å². The van der Waals surface area contributed by atoms with E-state index in [0.717, 1.165) is 54.1 Å². The van der Waals surface area contributed by atoms with Crippen molar-refractivity contribution in [3.8, 4) is 11.3 Å². The van der Waals surface area contributed by atoms with E-state index in [1.165, 1.54) is 11.1 Å². The molecule has 1 atom stereocenters. The van der Waals surface area contributed by atoms with Gasteiger partial charge in [0.05, 0.1) is 11.9 Å². The molecule has 0 saturated heterocycles. The summed E-state index contributed by atoms with van der Waals surface area (Å²) >= 11 is 0. The molecule has 0 fully saturated rings. The molecular weight excluding hydrogens is 370 g/mol. The Balaban J connectivity index is 1.33. The van der Waals surface area contributed by atoms with Crippen molar-refractivity contribution in [2.75, 3.05) is 5.32 Å². The van der Waals surface area contributed by atoms with Gasteiger partial charge in [0, 0.05) is 35.6 Å². The van der Waals surface area contributed by atoms with Crippen LogP contribution in [-0.4, -0.2) is 25.6 Å². The molecule has 0 bridgehead atoms. The number of anilines is 1. The lowest BCUT2D eigenvalue weighted by Gasteiger charge is -2.26. The predicted octanol–water partition coefficient (Wildman–Crippen LogP) is 5.07. The van der Waals surface area contributed by atoms with Crippen molar-refractivity contribution >= 4 is 17.0 Å². The van der Waals surface area contributed by atoms with E-state index in [9.17, 15) is 0 Å². The first kappa shape index (κ1) is 17.4. The van der Waals surface area contributed by atoms with Gasteiger partial charge in [-0.15, -0.1) is 0 Å². The number of nitrogens with one attached hydrogen (secondary N) is 1. The molecule has 0 saturated carbocycles. The summed E-state index contributed by atoms with van der Waals surface area (Å²) < 4.78 is 1.90. The molecule has 3 heterocycles. The lowest BCUT2D eigenvalue weighted by Crippen LogP contribution is -2.24. The van der Waals surface area contributed by atoms with Crippen LogP contribution in [0.2, 0.25) is 0 Å². The average Bonchev–Trinajstić information content (AvgIpc) is 3.39. The Morgan fingerprint density at radius 3 is 2.93 bits per heavy atom. The Hall–Kier alpha value is -3.47. The number of rotatable bonds is 3. The third kappa shape index (κ3) is 2.89. The molecule has 0 radical (unpaired) electrons. The third-order valence-electron chi connectivity index (χ3n) is 6.34. The summed E-state index contributed by atoms with van der Waals surface area (Å²) in [6, 6.07) is 17.4. The van der Waals surface area contributed by atoms with Crippen LogP contribution >= 0.6 is 0 Å². The SMILES string of the molecule is Cc1ccc(-c2cc(NC3CCC4=C(C3)c3ccccc3C4)n3nccc3n2)cn1. The molecule has 148 valence electrons. The first-order valence-corrected chi connectivity index (χ1v) is 10.6. The summed E-state index contributed by atoms with van der Waals surface area (Å²) in [5.41, 5.74) is 9.89. The molecule has 0 amide bonds. The molecule has 30 heavy (non-hydrogen) atoms. The van der Waals surface area contributed by atoms with Gasteiger partial charge >= 0.3 is 0 Å². The number of aromatic nitrogens is 4. The average molecular weight is 393 g/mol. The van der Waals surface area contributed by atoms with Crippen LogP contribution in [0, 0.1) is 6.92 Å². The van der Waals surface area contributed by atoms with Crippen LogP contribution in [0.1, 0.15) is 36.1 Å². The highest BCUT2D eigenvalue weighted by Gasteiger charge is 2.28. The van der Waals surface area contributed by atoms with Crippen LogP contribution in [-0.2, 0) is 6.42 Å². The number of allylic oxidation sites excluding steroid dienone is 1. The maximum absolute atomic E-state index is 4.78. The minimum absolute atomic E-state index is 0.383. The molecule has 1 aromatic carbocycles. The lowest BCUT2D eigenvalue weighted by atomic mass is 9.88. The summed E-state index contributed by atoms with van der Waals surface area (Å²) in [5, 5.41) is 8.28. The molecule has 0 spiro atoms. The summed E-state index contributed by atoms with van der Waals surface area (Å²) in [5.74, 6) is 0.987. The number of pyridine rings is 1. The van der Waals surface area contributed by atoms with Crippen LogP contribution in [0.4, 0.5) is 5.82 Å². The number of nitrogens with zero attached hydrogens (tertiary/aromatic N) is 4. The molecule has 0 aliphatic heterocycles. The van der Waals surface area contributed by atoms with Crippen molar-refractivity contribution in [2.24, 2.45) is 0 Å². The number of hydrogen-bond donors (Lipinski definition) is 1. The molecule has 6 rings (SSSR count). The van der Waals surface area contributed by atoms with Crippen LogP contribution in [0.15, 0.2) is 66.5 Å². The molecule has 5 nitrogen and oxygen atoms in total. The Morgan fingerprint density at radius 1 is 1.10 bits per heavy atom. The van der Waals surface area contributed by atoms with E-state index in [1.54, 1.807) is 17.3 Å². The Morgan fingerprint density at radius 2 is 2.03 bits per heavy atom. The van der Waals surface area contributed by atoms with Gasteiger partial charge < -0.3 is 5.32 Å². The molecular formula is C25H23N5. The van der Waals surface area contributed by atoms with Gasteiger partial charge in [0.25, 0.3) is 0 Å². The van der Waals surface area contributed by atoms with E-state index in [1.807, 2.05) is 29.8 Å². The van der Waals surface area contributed by atoms with Gasteiger partial charge in [-0.25, -0.2) is 4.98 Å². The standard InChI is InChI=1S/C25H23N5/c1-16-6-7-19(15-26-16)23-14-25(30-24(29-23)10-11-27-30)28-20-9-8-18-12-17-4-2-3-5-21(17)22(18)13-20/h2-7,10-11,14-15,20,28H,8-9,12-13H2,1H3. The minimum Gasteiger partial charge on any atom is -0.367 e. The summed E-state index contributed by atoms with van der Waals surface area (Å²) in [6.45, 7) is 2.00. The normalized spacial score (nSPS) is 17.8. The van der Waals surface area contributed by atoms with E-state index in [0.29, 0.717) is 6.04 Å². The van der Waals surface area contributed by atoms with Gasteiger partial charge in [-0.2, -0.15) is 9.61 Å². The van der Waals surface area contributed by atoms with Crippen LogP contribution in [0.25, 0.3) is 22.5 Å². The van der Waals surface area contributed by atoms with Crippen molar-refractivity contribution in [3.63, 3.8) is 0 Å². The third-order valence-corrected chi connectivity index (χ3v) is 6.34. The topological polar surface area (TPSA) is 55.1 Å². The van der Waals surface area contributed by atoms with Gasteiger partial charge in [-0.1, -0.05) is 29.8 Å². The largest absolute Gasteiger partial charge is 0.367 e. The summed E-state index contributed by atoms with van der Waals surface area (Å²) in [7, 11) is 0. The molecule has 2 aliphatic rings. The Kier molecular flexibility index (Phi) is 3.94. The number of aryl methyl sites for hydroxylation is 1. The second kappa shape index (κ2) is 6.80. The number of hydrogen-bond acceptors (Lipinski definition) is 4. The highest BCUT2D eigenvalue weighted by molar-refractivity contribution is 5.78. The first-order valence-electron chi connectivity index (χ1n) is 10.6. The molecule has 3 aromatic heterocycles. The van der Waals surface area contributed by atoms with Gasteiger partial charge in [-0.3, -0.25) is 4.98 Å². The fraction of sp³-hybridized carbons (Fsp3) is 0.240. The fourth-order valence-electron chi connectivity index (χ4n) is 4.80. The van der Waals surface area contributed by atoms with Gasteiger partial charge in [0.2, 0.25) is 0 Å². The van der Waals surface area contributed by atoms with Gasteiger partial charge in [0.15, 0.2) is 5.65 Å². The smallest absolute Gasteiger partial charge is 0.157 e. The highest BCUT2D eigenvalue weighted by atomic mass is 15.3. The van der Waals surface area contributed by atoms with Crippen molar-refractivity contribution in [3.05, 3.63) is 83.3 Å². The van der Waals surface area contributed by atoms with Crippen molar-refractivity contribution < 1.29 is 0 Å². The molecule has 2 aliphatic carbocycles. The number of fused-ring (bicyclic) bond motifs is 3. The first-order chi connectivity index (χ1) is 14.7. The van der Waals surface area contributed by atoms with Crippen LogP contribution in [0.3, 0.4) is 0 Å². The van der Waals surface area contributed by atoms with E-state index in [-0.39, 0.29) is 0 Å². The Bertz CT molecular complexity index is 1280. The summed E-state index contributed by atoms with van der Waals surface area (Å²) in [4.78, 5) is 9.22. The Labute approximate surface area is 175 Å². The van der Waals surface area contributed by atoms with Crippen LogP contribution in [0.5, 0.6) is 0 Å². The zero-order valence-corrected chi connectivity index (χ0v) is 17.0. The zero-order valence-electron chi connectivity index (χ0n) is 17.0. The van der Waals surface area contributed by atoms with Crippen molar-refractivity contribution in [1.82, 2.24) is 19.6 Å². The molecule has 5 heteroatoms. The molecule has 1 unspecified atom stereocenters. The maximum atomic E-state index is 4.78. The monoisotopic (exact) mass is 393 g/mol. The highest BCUT2D eigenvalue weighted by Crippen LogP contribution is 2.42. The van der Waals surface area contributed by atoms with E-state index in [2.05, 4.69) is 51.8 Å². The zero-order chi connectivity index (χ0) is 20.1. The maximum Gasteiger partial charge on any atom is 0.157 e. The quantitative estimate of drug-likeness (QED) is 0.528. The molecule has 4 aromatic rings. The van der Waals surface area contributed by atoms with E-state index < -0.39 is 0 Å². The van der Waals surface area contributed by atoms with Crippen molar-refractivity contribution in [2.45, 2.75) is 38.6 Å².